The Balaban J connectivity index is 1.64. The third-order valence-corrected chi connectivity index (χ3v) is 4.65. The van der Waals surface area contributed by atoms with Gasteiger partial charge in [-0.05, 0) is 49.7 Å². The number of amides is 1. The molecule has 0 saturated heterocycles. The van der Waals surface area contributed by atoms with Gasteiger partial charge in [0.05, 0.1) is 6.10 Å². The predicted octanol–water partition coefficient (Wildman–Crippen LogP) is 3.92. The van der Waals surface area contributed by atoms with Gasteiger partial charge < -0.3 is 10.1 Å². The molecule has 0 aromatic heterocycles. The molecule has 108 valence electrons. The highest BCUT2D eigenvalue weighted by Crippen LogP contribution is 2.32. The van der Waals surface area contributed by atoms with Gasteiger partial charge in [-0.3, -0.25) is 4.79 Å². The van der Waals surface area contributed by atoms with E-state index in [0.29, 0.717) is 12.5 Å². The van der Waals surface area contributed by atoms with Crippen LogP contribution in [0.5, 0.6) is 5.75 Å². The number of hydrogen-bond acceptors (Lipinski definition) is 2. The number of hydrogen-bond donors (Lipinski definition) is 1. The minimum Gasteiger partial charge on any atom is -0.490 e. The van der Waals surface area contributed by atoms with E-state index in [-0.39, 0.29) is 5.91 Å². The molecular weight excluding hydrogens is 250 g/mol. The van der Waals surface area contributed by atoms with Gasteiger partial charge in [0.1, 0.15) is 5.75 Å². The van der Waals surface area contributed by atoms with Crippen molar-refractivity contribution in [3.63, 3.8) is 0 Å². The summed E-state index contributed by atoms with van der Waals surface area (Å²) in [7, 11) is 0. The second-order valence-corrected chi connectivity index (χ2v) is 6.04. The fourth-order valence-corrected chi connectivity index (χ4v) is 3.27. The Morgan fingerprint density at radius 1 is 1.20 bits per heavy atom. The number of rotatable bonds is 3. The van der Waals surface area contributed by atoms with Crippen molar-refractivity contribution in [2.24, 2.45) is 5.92 Å². The predicted molar refractivity (Wildman–Crippen MR) is 80.1 cm³/mol. The summed E-state index contributed by atoms with van der Waals surface area (Å²) in [5.74, 6) is 1.89. The van der Waals surface area contributed by atoms with Gasteiger partial charge in [0, 0.05) is 18.2 Å². The van der Waals surface area contributed by atoms with Gasteiger partial charge >= 0.3 is 0 Å². The number of carbonyl (C=O) groups is 1. The van der Waals surface area contributed by atoms with Gasteiger partial charge in [0.25, 0.3) is 0 Å². The normalized spacial score (nSPS) is 25.8. The Labute approximate surface area is 120 Å². The number of fused-ring (bicyclic) bond motifs is 1. The van der Waals surface area contributed by atoms with Crippen molar-refractivity contribution in [3.8, 4) is 5.75 Å². The molecule has 1 N–H and O–H groups in total. The van der Waals surface area contributed by atoms with Gasteiger partial charge in [0.15, 0.2) is 0 Å². The monoisotopic (exact) mass is 273 g/mol. The zero-order chi connectivity index (χ0) is 13.9. The average Bonchev–Trinajstić information content (AvgIpc) is 2.47. The van der Waals surface area contributed by atoms with Crippen molar-refractivity contribution in [1.82, 2.24) is 0 Å². The lowest BCUT2D eigenvalue weighted by atomic mass is 9.86. The van der Waals surface area contributed by atoms with Crippen molar-refractivity contribution in [2.45, 2.75) is 58.0 Å². The molecule has 1 aliphatic carbocycles. The van der Waals surface area contributed by atoms with Crippen LogP contribution in [0.4, 0.5) is 5.69 Å². The standard InChI is InChI=1S/C17H23NO2/c1-2-12-3-7-14(8-4-12)20-15-9-5-13-6-10-17(19)18-16(13)11-15/h5,9,11-12,14H,2-4,6-8,10H2,1H3,(H,18,19). The lowest BCUT2D eigenvalue weighted by Crippen LogP contribution is -2.24. The molecule has 1 fully saturated rings. The van der Waals surface area contributed by atoms with E-state index in [1.165, 1.54) is 24.8 Å². The number of nitrogens with one attached hydrogen (secondary N) is 1. The number of anilines is 1. The first kappa shape index (κ1) is 13.5. The summed E-state index contributed by atoms with van der Waals surface area (Å²) in [6.07, 6.45) is 7.93. The van der Waals surface area contributed by atoms with Crippen LogP contribution in [0.1, 0.15) is 51.0 Å². The molecule has 3 rings (SSSR count). The molecule has 1 heterocycles. The molecule has 1 aromatic rings. The fourth-order valence-electron chi connectivity index (χ4n) is 3.27. The Morgan fingerprint density at radius 3 is 2.75 bits per heavy atom. The van der Waals surface area contributed by atoms with E-state index in [9.17, 15) is 4.79 Å². The van der Waals surface area contributed by atoms with Crippen LogP contribution in [-0.2, 0) is 11.2 Å². The molecule has 3 heteroatoms. The maximum absolute atomic E-state index is 11.4. The molecule has 1 aromatic carbocycles. The Hall–Kier alpha value is -1.51. The van der Waals surface area contributed by atoms with Crippen LogP contribution in [0.2, 0.25) is 0 Å². The first-order valence-corrected chi connectivity index (χ1v) is 7.84. The molecule has 0 spiro atoms. The van der Waals surface area contributed by atoms with Crippen molar-refractivity contribution in [2.75, 3.05) is 5.32 Å². The zero-order valence-corrected chi connectivity index (χ0v) is 12.2. The zero-order valence-electron chi connectivity index (χ0n) is 12.2. The van der Waals surface area contributed by atoms with E-state index in [1.54, 1.807) is 0 Å². The maximum atomic E-state index is 11.4. The highest BCUT2D eigenvalue weighted by molar-refractivity contribution is 5.94. The average molecular weight is 273 g/mol. The van der Waals surface area contributed by atoms with E-state index >= 15 is 0 Å². The summed E-state index contributed by atoms with van der Waals surface area (Å²) < 4.78 is 6.10. The van der Waals surface area contributed by atoms with Gasteiger partial charge in [-0.1, -0.05) is 19.4 Å². The topological polar surface area (TPSA) is 38.3 Å². The summed E-state index contributed by atoms with van der Waals surface area (Å²) in [4.78, 5) is 11.4. The molecule has 3 nitrogen and oxygen atoms in total. The van der Waals surface area contributed by atoms with Gasteiger partial charge in [-0.15, -0.1) is 0 Å². The quantitative estimate of drug-likeness (QED) is 0.906. The minimum atomic E-state index is 0.109. The Morgan fingerprint density at radius 2 is 2.00 bits per heavy atom. The molecular formula is C17H23NO2. The molecule has 20 heavy (non-hydrogen) atoms. The van der Waals surface area contributed by atoms with E-state index in [4.69, 9.17) is 4.74 Å². The van der Waals surface area contributed by atoms with Crippen LogP contribution in [0, 0.1) is 5.92 Å². The van der Waals surface area contributed by atoms with E-state index in [0.717, 1.165) is 36.6 Å². The van der Waals surface area contributed by atoms with Crippen molar-refractivity contribution < 1.29 is 9.53 Å². The number of carbonyl (C=O) groups excluding carboxylic acids is 1. The van der Waals surface area contributed by atoms with E-state index in [1.807, 2.05) is 12.1 Å². The molecule has 1 aliphatic heterocycles. The molecule has 1 saturated carbocycles. The summed E-state index contributed by atoms with van der Waals surface area (Å²) >= 11 is 0. The number of benzene rings is 1. The summed E-state index contributed by atoms with van der Waals surface area (Å²) in [5, 5.41) is 2.93. The van der Waals surface area contributed by atoms with Gasteiger partial charge in [0.2, 0.25) is 5.91 Å². The van der Waals surface area contributed by atoms with Crippen LogP contribution in [0.3, 0.4) is 0 Å². The van der Waals surface area contributed by atoms with Gasteiger partial charge in [-0.25, -0.2) is 0 Å². The Kier molecular flexibility index (Phi) is 3.95. The van der Waals surface area contributed by atoms with Crippen LogP contribution in [-0.4, -0.2) is 12.0 Å². The summed E-state index contributed by atoms with van der Waals surface area (Å²) in [5.41, 5.74) is 2.15. The van der Waals surface area contributed by atoms with E-state index < -0.39 is 0 Å². The third kappa shape index (κ3) is 2.97. The molecule has 2 aliphatic rings. The SMILES string of the molecule is CCC1CCC(Oc2ccc3c(c2)NC(=O)CC3)CC1. The number of aryl methyl sites for hydroxylation is 1. The van der Waals surface area contributed by atoms with Crippen LogP contribution in [0.15, 0.2) is 18.2 Å². The largest absolute Gasteiger partial charge is 0.490 e. The lowest BCUT2D eigenvalue weighted by Gasteiger charge is -2.28. The Bertz CT molecular complexity index is 490. The fraction of sp³-hybridized carbons (Fsp3) is 0.588. The second kappa shape index (κ2) is 5.86. The highest BCUT2D eigenvalue weighted by Gasteiger charge is 2.22. The third-order valence-electron chi connectivity index (χ3n) is 4.65. The van der Waals surface area contributed by atoms with Crippen molar-refractivity contribution in [3.05, 3.63) is 23.8 Å². The molecule has 1 amide bonds. The first-order chi connectivity index (χ1) is 9.74. The highest BCUT2D eigenvalue weighted by atomic mass is 16.5. The number of ether oxygens (including phenoxy) is 1. The van der Waals surface area contributed by atoms with Crippen LogP contribution >= 0.6 is 0 Å². The van der Waals surface area contributed by atoms with Gasteiger partial charge in [-0.2, -0.15) is 0 Å². The lowest BCUT2D eigenvalue weighted by molar-refractivity contribution is -0.116. The smallest absolute Gasteiger partial charge is 0.224 e. The van der Waals surface area contributed by atoms with Crippen LogP contribution < -0.4 is 10.1 Å². The second-order valence-electron chi connectivity index (χ2n) is 6.04. The molecule has 0 unspecified atom stereocenters. The summed E-state index contributed by atoms with van der Waals surface area (Å²) in [6, 6.07) is 6.11. The molecule has 0 radical (unpaired) electrons. The molecule has 0 atom stereocenters. The summed E-state index contributed by atoms with van der Waals surface area (Å²) in [6.45, 7) is 2.28. The van der Waals surface area contributed by atoms with E-state index in [2.05, 4.69) is 18.3 Å². The first-order valence-electron chi connectivity index (χ1n) is 7.84. The van der Waals surface area contributed by atoms with Crippen molar-refractivity contribution in [1.29, 1.82) is 0 Å². The maximum Gasteiger partial charge on any atom is 0.224 e. The van der Waals surface area contributed by atoms with Crippen LogP contribution in [0.25, 0.3) is 0 Å². The van der Waals surface area contributed by atoms with Crippen molar-refractivity contribution >= 4 is 11.6 Å². The minimum absolute atomic E-state index is 0.109. The molecule has 0 bridgehead atoms.